The van der Waals surface area contributed by atoms with E-state index in [4.69, 9.17) is 4.74 Å². The number of benzene rings is 1. The Morgan fingerprint density at radius 3 is 2.10 bits per heavy atom. The summed E-state index contributed by atoms with van der Waals surface area (Å²) in [6, 6.07) is 7.14. The third-order valence-electron chi connectivity index (χ3n) is 4.24. The van der Waals surface area contributed by atoms with Crippen LogP contribution < -0.4 is 9.64 Å². The van der Waals surface area contributed by atoms with Gasteiger partial charge in [0.25, 0.3) is 0 Å². The summed E-state index contributed by atoms with van der Waals surface area (Å²) in [4.78, 5) is 27.1. The molecule has 0 radical (unpaired) electrons. The average molecular weight is 417 g/mol. The minimum atomic E-state index is -0.236. The maximum atomic E-state index is 12.7. The van der Waals surface area contributed by atoms with Gasteiger partial charge < -0.3 is 4.74 Å². The van der Waals surface area contributed by atoms with Gasteiger partial charge in [-0.25, -0.2) is 4.90 Å². The summed E-state index contributed by atoms with van der Waals surface area (Å²) in [6.45, 7) is 0. The van der Waals surface area contributed by atoms with Crippen molar-refractivity contribution in [3.63, 3.8) is 0 Å². The van der Waals surface area contributed by atoms with Crippen LogP contribution in [-0.2, 0) is 9.59 Å². The summed E-state index contributed by atoms with van der Waals surface area (Å²) in [7, 11) is 1.54. The molecule has 21 heavy (non-hydrogen) atoms. The average Bonchev–Trinajstić information content (AvgIpc) is 2.71. The van der Waals surface area contributed by atoms with Crippen LogP contribution in [0.15, 0.2) is 24.3 Å². The van der Waals surface area contributed by atoms with E-state index >= 15 is 0 Å². The Morgan fingerprint density at radius 1 is 1.05 bits per heavy atom. The Balaban J connectivity index is 1.98. The van der Waals surface area contributed by atoms with Crippen molar-refractivity contribution in [1.29, 1.82) is 0 Å². The molecule has 1 aliphatic heterocycles. The van der Waals surface area contributed by atoms with Crippen LogP contribution in [-0.4, -0.2) is 28.6 Å². The van der Waals surface area contributed by atoms with E-state index in [1.807, 2.05) is 6.07 Å². The summed E-state index contributed by atoms with van der Waals surface area (Å²) >= 11 is 7.18. The first-order valence-electron chi connectivity index (χ1n) is 6.83. The van der Waals surface area contributed by atoms with Crippen LogP contribution in [0, 0.1) is 11.8 Å². The lowest BCUT2D eigenvalue weighted by molar-refractivity contribution is -0.122. The second kappa shape index (κ2) is 5.72. The molecular weight excluding hydrogens is 402 g/mol. The third kappa shape index (κ3) is 2.42. The summed E-state index contributed by atoms with van der Waals surface area (Å²) in [5, 5.41) is 0. The second-order valence-electron chi connectivity index (χ2n) is 5.40. The van der Waals surface area contributed by atoms with E-state index in [2.05, 4.69) is 31.9 Å². The number of methoxy groups -OCH3 is 1. The van der Waals surface area contributed by atoms with E-state index in [9.17, 15) is 9.59 Å². The normalized spacial score (nSPS) is 32.2. The van der Waals surface area contributed by atoms with Crippen LogP contribution in [0.2, 0.25) is 0 Å². The molecule has 0 bridgehead atoms. The number of alkyl halides is 2. The van der Waals surface area contributed by atoms with Gasteiger partial charge >= 0.3 is 0 Å². The summed E-state index contributed by atoms with van der Waals surface area (Å²) < 4.78 is 5.29. The number of para-hydroxylation sites is 2. The number of hydrogen-bond donors (Lipinski definition) is 0. The van der Waals surface area contributed by atoms with Crippen molar-refractivity contribution in [2.45, 2.75) is 22.5 Å². The monoisotopic (exact) mass is 415 g/mol. The predicted molar refractivity (Wildman–Crippen MR) is 87.1 cm³/mol. The molecule has 2 amide bonds. The van der Waals surface area contributed by atoms with Gasteiger partial charge in [0.15, 0.2) is 0 Å². The first-order chi connectivity index (χ1) is 10.0. The maximum Gasteiger partial charge on any atom is 0.237 e. The van der Waals surface area contributed by atoms with Gasteiger partial charge in [0.2, 0.25) is 11.8 Å². The number of ether oxygens (including phenoxy) is 1. The van der Waals surface area contributed by atoms with Crippen LogP contribution in [0.25, 0.3) is 0 Å². The van der Waals surface area contributed by atoms with Crippen molar-refractivity contribution in [3.8, 4) is 5.75 Å². The van der Waals surface area contributed by atoms with Crippen LogP contribution in [0.3, 0.4) is 0 Å². The lowest BCUT2D eigenvalue weighted by atomic mass is 9.81. The van der Waals surface area contributed by atoms with Crippen LogP contribution >= 0.6 is 31.9 Å². The highest BCUT2D eigenvalue weighted by Crippen LogP contribution is 2.45. The highest BCUT2D eigenvalue weighted by atomic mass is 79.9. The molecule has 0 N–H and O–H groups in total. The number of carbonyl (C=O) groups is 2. The molecular formula is C15H15Br2NO3. The smallest absolute Gasteiger partial charge is 0.237 e. The largest absolute Gasteiger partial charge is 0.495 e. The van der Waals surface area contributed by atoms with Crippen molar-refractivity contribution in [2.75, 3.05) is 12.0 Å². The van der Waals surface area contributed by atoms with Crippen LogP contribution in [0.5, 0.6) is 5.75 Å². The lowest BCUT2D eigenvalue weighted by Gasteiger charge is -2.29. The van der Waals surface area contributed by atoms with Crippen molar-refractivity contribution < 1.29 is 14.3 Å². The molecule has 0 spiro atoms. The van der Waals surface area contributed by atoms with E-state index in [-0.39, 0.29) is 33.3 Å². The molecule has 0 unspecified atom stereocenters. The van der Waals surface area contributed by atoms with Crippen LogP contribution in [0.1, 0.15) is 12.8 Å². The highest BCUT2D eigenvalue weighted by Gasteiger charge is 2.52. The second-order valence-corrected chi connectivity index (χ2v) is 7.75. The van der Waals surface area contributed by atoms with Gasteiger partial charge in [-0.3, -0.25) is 9.59 Å². The Labute approximate surface area is 140 Å². The van der Waals surface area contributed by atoms with Crippen LogP contribution in [0.4, 0.5) is 5.69 Å². The number of anilines is 1. The Kier molecular flexibility index (Phi) is 4.10. The third-order valence-corrected chi connectivity index (χ3v) is 6.97. The number of nitrogens with zero attached hydrogens (tertiary/aromatic N) is 1. The van der Waals surface area contributed by atoms with E-state index in [1.165, 1.54) is 4.90 Å². The van der Waals surface area contributed by atoms with Gasteiger partial charge in [0, 0.05) is 9.65 Å². The topological polar surface area (TPSA) is 46.6 Å². The summed E-state index contributed by atoms with van der Waals surface area (Å²) in [5.74, 6) is -0.151. The fourth-order valence-electron chi connectivity index (χ4n) is 3.15. The lowest BCUT2D eigenvalue weighted by Crippen LogP contribution is -2.34. The first kappa shape index (κ1) is 15.0. The predicted octanol–water partition coefficient (Wildman–Crippen LogP) is 3.12. The number of halogens is 2. The number of imide groups is 1. The molecule has 4 atom stereocenters. The van der Waals surface area contributed by atoms with E-state index in [0.717, 1.165) is 0 Å². The number of fused-ring (bicyclic) bond motifs is 1. The molecule has 2 aliphatic rings. The summed E-state index contributed by atoms with van der Waals surface area (Å²) in [6.07, 6.45) is 1.35. The zero-order chi connectivity index (χ0) is 15.1. The number of rotatable bonds is 2. The molecule has 0 aromatic heterocycles. The van der Waals surface area contributed by atoms with Gasteiger partial charge in [-0.1, -0.05) is 44.0 Å². The molecule has 1 heterocycles. The van der Waals surface area contributed by atoms with Gasteiger partial charge in [-0.15, -0.1) is 0 Å². The van der Waals surface area contributed by atoms with Gasteiger partial charge in [-0.05, 0) is 25.0 Å². The van der Waals surface area contributed by atoms with E-state index < -0.39 is 0 Å². The Bertz CT molecular complexity index is 564. The van der Waals surface area contributed by atoms with Crippen molar-refractivity contribution in [2.24, 2.45) is 11.8 Å². The highest BCUT2D eigenvalue weighted by molar-refractivity contribution is 9.12. The van der Waals surface area contributed by atoms with Crippen molar-refractivity contribution >= 4 is 49.4 Å². The summed E-state index contributed by atoms with van der Waals surface area (Å²) in [5.41, 5.74) is 0.543. The number of carbonyl (C=O) groups excluding carboxylic acids is 2. The van der Waals surface area contributed by atoms with E-state index in [0.29, 0.717) is 24.3 Å². The Hall–Kier alpha value is -0.880. The van der Waals surface area contributed by atoms with Crippen molar-refractivity contribution in [1.82, 2.24) is 0 Å². The molecule has 1 aromatic rings. The SMILES string of the molecule is COc1ccccc1N1C(=O)[C@H]2C[C@@H](Br)[C@@H](Br)C[C@@H]2C1=O. The van der Waals surface area contributed by atoms with E-state index in [1.54, 1.807) is 25.3 Å². The molecule has 1 saturated heterocycles. The number of hydrogen-bond acceptors (Lipinski definition) is 3. The quantitative estimate of drug-likeness (QED) is 0.549. The molecule has 1 saturated carbocycles. The molecule has 6 heteroatoms. The van der Waals surface area contributed by atoms with Gasteiger partial charge in [0.1, 0.15) is 5.75 Å². The fraction of sp³-hybridized carbons (Fsp3) is 0.467. The minimum absolute atomic E-state index is 0.113. The molecule has 1 aliphatic carbocycles. The molecule has 3 rings (SSSR count). The fourth-order valence-corrected chi connectivity index (χ4v) is 4.38. The van der Waals surface area contributed by atoms with Crippen molar-refractivity contribution in [3.05, 3.63) is 24.3 Å². The maximum absolute atomic E-state index is 12.7. The zero-order valence-corrected chi connectivity index (χ0v) is 14.6. The molecule has 4 nitrogen and oxygen atoms in total. The Morgan fingerprint density at radius 2 is 1.57 bits per heavy atom. The molecule has 112 valence electrons. The molecule has 2 fully saturated rings. The first-order valence-corrected chi connectivity index (χ1v) is 8.66. The number of amides is 2. The minimum Gasteiger partial charge on any atom is -0.495 e. The van der Waals surface area contributed by atoms with Gasteiger partial charge in [-0.2, -0.15) is 0 Å². The van der Waals surface area contributed by atoms with Gasteiger partial charge in [0.05, 0.1) is 24.6 Å². The standard InChI is InChI=1S/C15H15Br2NO3/c1-21-13-5-3-2-4-12(13)18-14(19)8-6-10(16)11(17)7-9(8)15(18)20/h2-5,8-11H,6-7H2,1H3/t8-,9-,10-,11+/m0/s1. The molecule has 1 aromatic carbocycles. The zero-order valence-electron chi connectivity index (χ0n) is 11.5.